The van der Waals surface area contributed by atoms with Crippen molar-refractivity contribution in [2.24, 2.45) is 0 Å². The van der Waals surface area contributed by atoms with Crippen molar-refractivity contribution in [1.82, 2.24) is 10.2 Å². The highest BCUT2D eigenvalue weighted by molar-refractivity contribution is 6.30. The first-order chi connectivity index (χ1) is 12.7. The molecule has 0 radical (unpaired) electrons. The molecule has 1 heterocycles. The van der Waals surface area contributed by atoms with Crippen molar-refractivity contribution in [3.63, 3.8) is 0 Å². The van der Waals surface area contributed by atoms with Crippen molar-refractivity contribution in [2.75, 3.05) is 40.3 Å². The molecule has 0 bridgehead atoms. The molecular weight excluding hydrogens is 344 g/mol. The summed E-state index contributed by atoms with van der Waals surface area (Å²) in [6, 6.07) is 16.4. The fraction of sp³-hybridized carbons (Fsp3) is 0.364. The lowest BCUT2D eigenvalue weighted by atomic mass is 9.88. The number of nitrogens with one attached hydrogen (secondary N) is 1. The number of halogens is 1. The molecule has 0 amide bonds. The minimum Gasteiger partial charge on any atom is -0.496 e. The largest absolute Gasteiger partial charge is 0.496 e. The number of nitrogens with zero attached hydrogens (tertiary/aromatic N) is 1. The van der Waals surface area contributed by atoms with E-state index in [4.69, 9.17) is 16.3 Å². The second kappa shape index (κ2) is 9.22. The van der Waals surface area contributed by atoms with Crippen LogP contribution in [0.1, 0.15) is 24.0 Å². The van der Waals surface area contributed by atoms with E-state index in [2.05, 4.69) is 34.5 Å². The van der Waals surface area contributed by atoms with Crippen LogP contribution in [0.5, 0.6) is 5.75 Å². The van der Waals surface area contributed by atoms with Gasteiger partial charge in [0.2, 0.25) is 0 Å². The van der Waals surface area contributed by atoms with Gasteiger partial charge in [0, 0.05) is 36.8 Å². The fourth-order valence-corrected chi connectivity index (χ4v) is 3.80. The van der Waals surface area contributed by atoms with E-state index < -0.39 is 0 Å². The number of methoxy groups -OCH3 is 1. The minimum atomic E-state index is 0.766. The number of hydrogen-bond donors (Lipinski definition) is 1. The van der Waals surface area contributed by atoms with Gasteiger partial charge in [-0.3, -0.25) is 0 Å². The van der Waals surface area contributed by atoms with Crippen LogP contribution in [0, 0.1) is 0 Å². The van der Waals surface area contributed by atoms with Gasteiger partial charge in [0.25, 0.3) is 0 Å². The molecule has 4 heteroatoms. The first-order valence-corrected chi connectivity index (χ1v) is 9.59. The van der Waals surface area contributed by atoms with E-state index in [1.54, 1.807) is 7.11 Å². The van der Waals surface area contributed by atoms with Gasteiger partial charge in [-0.15, -0.1) is 0 Å². The van der Waals surface area contributed by atoms with Gasteiger partial charge in [-0.2, -0.15) is 0 Å². The predicted molar refractivity (Wildman–Crippen MR) is 110 cm³/mol. The highest BCUT2D eigenvalue weighted by Crippen LogP contribution is 2.37. The molecule has 26 heavy (non-hydrogen) atoms. The standard InChI is InChI=1S/C22H27ClN2O/c1-24-12-15-25-13-10-17(11-14-25)22(18-6-5-7-19(23)16-18)20-8-3-4-9-21(20)26-2/h3-9,16,24H,10-15H2,1-2H3. The Morgan fingerprint density at radius 1 is 1.12 bits per heavy atom. The van der Waals surface area contributed by atoms with E-state index >= 15 is 0 Å². The monoisotopic (exact) mass is 370 g/mol. The van der Waals surface area contributed by atoms with E-state index in [-0.39, 0.29) is 0 Å². The SMILES string of the molecule is CNCCN1CCC(=C(c2cccc(Cl)c2)c2ccccc2OC)CC1. The van der Waals surface area contributed by atoms with Crippen molar-refractivity contribution < 1.29 is 4.74 Å². The fourth-order valence-electron chi connectivity index (χ4n) is 3.61. The number of para-hydroxylation sites is 1. The summed E-state index contributed by atoms with van der Waals surface area (Å²) in [6.45, 7) is 4.32. The van der Waals surface area contributed by atoms with E-state index in [9.17, 15) is 0 Å². The Labute approximate surface area is 161 Å². The topological polar surface area (TPSA) is 24.5 Å². The summed E-state index contributed by atoms with van der Waals surface area (Å²) < 4.78 is 5.66. The predicted octanol–water partition coefficient (Wildman–Crippen LogP) is 4.47. The van der Waals surface area contributed by atoms with Gasteiger partial charge < -0.3 is 15.0 Å². The Balaban J connectivity index is 1.99. The lowest BCUT2D eigenvalue weighted by Crippen LogP contribution is -2.35. The van der Waals surface area contributed by atoms with Gasteiger partial charge in [0.05, 0.1) is 7.11 Å². The Kier molecular flexibility index (Phi) is 6.73. The molecule has 2 aromatic rings. The summed E-state index contributed by atoms with van der Waals surface area (Å²) in [5.74, 6) is 0.910. The summed E-state index contributed by atoms with van der Waals surface area (Å²) in [7, 11) is 3.74. The summed E-state index contributed by atoms with van der Waals surface area (Å²) in [6.07, 6.45) is 2.15. The number of rotatable bonds is 6. The zero-order chi connectivity index (χ0) is 18.4. The van der Waals surface area contributed by atoms with Crippen molar-refractivity contribution in [3.8, 4) is 5.75 Å². The molecule has 1 saturated heterocycles. The Hall–Kier alpha value is -1.81. The van der Waals surface area contributed by atoms with Gasteiger partial charge in [-0.25, -0.2) is 0 Å². The lowest BCUT2D eigenvalue weighted by Gasteiger charge is -2.30. The third-order valence-electron chi connectivity index (χ3n) is 4.98. The van der Waals surface area contributed by atoms with Crippen LogP contribution in [-0.4, -0.2) is 45.2 Å². The number of piperidine rings is 1. The molecule has 0 saturated carbocycles. The Bertz CT molecular complexity index is 762. The van der Waals surface area contributed by atoms with Crippen molar-refractivity contribution in [1.29, 1.82) is 0 Å². The third-order valence-corrected chi connectivity index (χ3v) is 5.22. The molecular formula is C22H27ClN2O. The lowest BCUT2D eigenvalue weighted by molar-refractivity contribution is 0.259. The molecule has 138 valence electrons. The molecule has 3 nitrogen and oxygen atoms in total. The molecule has 0 atom stereocenters. The van der Waals surface area contributed by atoms with Crippen molar-refractivity contribution in [2.45, 2.75) is 12.8 Å². The summed E-state index contributed by atoms with van der Waals surface area (Å²) in [4.78, 5) is 2.53. The van der Waals surface area contributed by atoms with E-state index in [1.165, 1.54) is 16.7 Å². The zero-order valence-electron chi connectivity index (χ0n) is 15.6. The average Bonchev–Trinajstić information content (AvgIpc) is 2.68. The Morgan fingerprint density at radius 3 is 2.58 bits per heavy atom. The molecule has 0 aromatic heterocycles. The maximum absolute atomic E-state index is 6.30. The van der Waals surface area contributed by atoms with Crippen LogP contribution in [0.25, 0.3) is 5.57 Å². The second-order valence-electron chi connectivity index (χ2n) is 6.63. The van der Waals surface area contributed by atoms with E-state index in [0.717, 1.165) is 55.4 Å². The van der Waals surface area contributed by atoms with Gasteiger partial charge in [-0.1, -0.05) is 47.5 Å². The molecule has 1 fully saturated rings. The van der Waals surface area contributed by atoms with Crippen molar-refractivity contribution in [3.05, 3.63) is 70.3 Å². The number of likely N-dealkylation sites (tertiary alicyclic amines) is 1. The van der Waals surface area contributed by atoms with Crippen LogP contribution in [0.4, 0.5) is 0 Å². The highest BCUT2D eigenvalue weighted by Gasteiger charge is 2.20. The molecule has 1 aliphatic heterocycles. The maximum Gasteiger partial charge on any atom is 0.126 e. The first kappa shape index (κ1) is 19.0. The number of ether oxygens (including phenoxy) is 1. The molecule has 2 aromatic carbocycles. The van der Waals surface area contributed by atoms with E-state index in [0.29, 0.717) is 0 Å². The average molecular weight is 371 g/mol. The normalized spacial score (nSPS) is 15.1. The van der Waals surface area contributed by atoms with Gasteiger partial charge in [-0.05, 0) is 49.2 Å². The molecule has 3 rings (SSSR count). The number of benzene rings is 2. The van der Waals surface area contributed by atoms with Crippen LogP contribution in [0.15, 0.2) is 54.1 Å². The molecule has 1 aliphatic rings. The molecule has 0 unspecified atom stereocenters. The van der Waals surface area contributed by atoms with Crippen LogP contribution in [0.2, 0.25) is 5.02 Å². The van der Waals surface area contributed by atoms with Crippen LogP contribution in [-0.2, 0) is 0 Å². The second-order valence-corrected chi connectivity index (χ2v) is 7.07. The molecule has 0 aliphatic carbocycles. The minimum absolute atomic E-state index is 0.766. The smallest absolute Gasteiger partial charge is 0.126 e. The molecule has 0 spiro atoms. The van der Waals surface area contributed by atoms with Gasteiger partial charge >= 0.3 is 0 Å². The van der Waals surface area contributed by atoms with E-state index in [1.807, 2.05) is 31.3 Å². The third kappa shape index (κ3) is 4.47. The van der Waals surface area contributed by atoms with Crippen molar-refractivity contribution >= 4 is 17.2 Å². The van der Waals surface area contributed by atoms with Crippen LogP contribution in [0.3, 0.4) is 0 Å². The van der Waals surface area contributed by atoms with Crippen LogP contribution < -0.4 is 10.1 Å². The first-order valence-electron chi connectivity index (χ1n) is 9.21. The van der Waals surface area contributed by atoms with Crippen LogP contribution >= 0.6 is 11.6 Å². The Morgan fingerprint density at radius 2 is 1.88 bits per heavy atom. The quantitative estimate of drug-likeness (QED) is 0.812. The highest BCUT2D eigenvalue weighted by atomic mass is 35.5. The molecule has 1 N–H and O–H groups in total. The summed E-state index contributed by atoms with van der Waals surface area (Å²) in [5.41, 5.74) is 5.08. The van der Waals surface area contributed by atoms with Gasteiger partial charge in [0.15, 0.2) is 0 Å². The summed E-state index contributed by atoms with van der Waals surface area (Å²) in [5, 5.41) is 4.00. The number of hydrogen-bond acceptors (Lipinski definition) is 3. The summed E-state index contributed by atoms with van der Waals surface area (Å²) >= 11 is 6.30. The maximum atomic E-state index is 6.30. The van der Waals surface area contributed by atoms with Gasteiger partial charge in [0.1, 0.15) is 5.75 Å². The number of likely N-dealkylation sites (N-methyl/N-ethyl adjacent to an activating group) is 1. The zero-order valence-corrected chi connectivity index (χ0v) is 16.4.